The molecule has 0 atom stereocenters. The lowest BCUT2D eigenvalue weighted by atomic mass is 10.0. The van der Waals surface area contributed by atoms with Crippen LogP contribution in [0.4, 0.5) is 0 Å². The number of pyridine rings is 1. The minimum atomic E-state index is 0.824. The number of hydrogen-bond donors (Lipinski definition) is 1. The number of thiol groups is 1. The third-order valence-electron chi connectivity index (χ3n) is 3.52. The fourth-order valence-corrected chi connectivity index (χ4v) is 3.07. The maximum absolute atomic E-state index is 4.83. The van der Waals surface area contributed by atoms with E-state index in [1.54, 1.807) is 0 Å². The van der Waals surface area contributed by atoms with Crippen molar-refractivity contribution in [3.8, 4) is 0 Å². The highest BCUT2D eigenvalue weighted by atomic mass is 32.1. The van der Waals surface area contributed by atoms with Gasteiger partial charge in [0, 0.05) is 16.8 Å². The first kappa shape index (κ1) is 10.2. The Labute approximate surface area is 101 Å². The smallest absolute Gasteiger partial charge is 0.0737 e. The molecule has 0 fully saturated rings. The van der Waals surface area contributed by atoms with Gasteiger partial charge in [0.2, 0.25) is 0 Å². The molecule has 1 aliphatic carbocycles. The average molecular weight is 229 g/mol. The first-order valence-electron chi connectivity index (χ1n) is 5.82. The van der Waals surface area contributed by atoms with E-state index < -0.39 is 0 Å². The summed E-state index contributed by atoms with van der Waals surface area (Å²) >= 11 is 4.49. The normalized spacial score (nSPS) is 14.4. The van der Waals surface area contributed by atoms with Crippen LogP contribution in [0.5, 0.6) is 0 Å². The average Bonchev–Trinajstić information content (AvgIpc) is 2.75. The molecule has 82 valence electrons. The quantitative estimate of drug-likeness (QED) is 0.739. The molecule has 1 nitrogen and oxygen atoms in total. The Hall–Kier alpha value is -1.02. The van der Waals surface area contributed by atoms with Crippen LogP contribution < -0.4 is 0 Å². The number of aryl methyl sites for hydroxylation is 2. The number of aromatic nitrogens is 1. The van der Waals surface area contributed by atoms with E-state index in [4.69, 9.17) is 4.98 Å². The zero-order valence-electron chi connectivity index (χ0n) is 9.45. The minimum Gasteiger partial charge on any atom is -0.252 e. The monoisotopic (exact) mass is 229 g/mol. The van der Waals surface area contributed by atoms with Crippen LogP contribution in [-0.2, 0) is 18.6 Å². The molecule has 0 bridgehead atoms. The second kappa shape index (κ2) is 3.77. The molecule has 0 saturated carbocycles. The summed E-state index contributed by atoms with van der Waals surface area (Å²) < 4.78 is 0. The Kier molecular flexibility index (Phi) is 2.40. The molecule has 0 unspecified atom stereocenters. The largest absolute Gasteiger partial charge is 0.252 e. The fraction of sp³-hybridized carbons (Fsp3) is 0.357. The van der Waals surface area contributed by atoms with Crippen LogP contribution in [0.15, 0.2) is 18.2 Å². The summed E-state index contributed by atoms with van der Waals surface area (Å²) in [5, 5.41) is 1.30. The molecule has 1 aromatic carbocycles. The number of rotatable bonds is 1. The number of fused-ring (bicyclic) bond motifs is 2. The first-order chi connectivity index (χ1) is 7.81. The summed E-state index contributed by atoms with van der Waals surface area (Å²) in [7, 11) is 0. The standard InChI is InChI=1S/C14H15NS/c1-9-4-2-6-11-12(8-16)10-5-3-7-13(10)15-14(9)11/h2,4,6,16H,3,5,7-8H2,1H3. The molecule has 2 aromatic rings. The first-order valence-corrected chi connectivity index (χ1v) is 6.45. The zero-order chi connectivity index (χ0) is 11.1. The molecule has 2 heteroatoms. The fourth-order valence-electron chi connectivity index (χ4n) is 2.71. The van der Waals surface area contributed by atoms with Crippen molar-refractivity contribution in [3.63, 3.8) is 0 Å². The lowest BCUT2D eigenvalue weighted by Crippen LogP contribution is -1.98. The van der Waals surface area contributed by atoms with Crippen molar-refractivity contribution >= 4 is 23.5 Å². The highest BCUT2D eigenvalue weighted by Crippen LogP contribution is 2.31. The molecule has 1 aromatic heterocycles. The van der Waals surface area contributed by atoms with Gasteiger partial charge >= 0.3 is 0 Å². The molecule has 0 radical (unpaired) electrons. The van der Waals surface area contributed by atoms with Crippen LogP contribution in [0.3, 0.4) is 0 Å². The Morgan fingerprint density at radius 3 is 3.00 bits per heavy atom. The molecule has 0 amide bonds. The van der Waals surface area contributed by atoms with Gasteiger partial charge in [0.15, 0.2) is 0 Å². The number of para-hydroxylation sites is 1. The Morgan fingerprint density at radius 2 is 2.19 bits per heavy atom. The lowest BCUT2D eigenvalue weighted by Gasteiger charge is -2.11. The highest BCUT2D eigenvalue weighted by molar-refractivity contribution is 7.79. The maximum Gasteiger partial charge on any atom is 0.0737 e. The van der Waals surface area contributed by atoms with E-state index in [0.717, 1.165) is 12.2 Å². The number of hydrogen-bond acceptors (Lipinski definition) is 2. The second-order valence-corrected chi connectivity index (χ2v) is 4.81. The van der Waals surface area contributed by atoms with E-state index >= 15 is 0 Å². The Balaban J connectivity index is 2.44. The van der Waals surface area contributed by atoms with E-state index in [1.165, 1.54) is 46.1 Å². The predicted octanol–water partition coefficient (Wildman–Crippen LogP) is 3.46. The molecule has 1 aliphatic rings. The van der Waals surface area contributed by atoms with Crippen molar-refractivity contribution < 1.29 is 0 Å². The van der Waals surface area contributed by atoms with Crippen molar-refractivity contribution in [3.05, 3.63) is 40.6 Å². The van der Waals surface area contributed by atoms with Gasteiger partial charge in [-0.05, 0) is 42.9 Å². The van der Waals surface area contributed by atoms with Crippen LogP contribution >= 0.6 is 12.6 Å². The third-order valence-corrected chi connectivity index (χ3v) is 3.84. The molecule has 16 heavy (non-hydrogen) atoms. The maximum atomic E-state index is 4.83. The van der Waals surface area contributed by atoms with Crippen LogP contribution in [0.2, 0.25) is 0 Å². The van der Waals surface area contributed by atoms with Gasteiger partial charge in [-0.25, -0.2) is 0 Å². The van der Waals surface area contributed by atoms with Gasteiger partial charge in [0.25, 0.3) is 0 Å². The van der Waals surface area contributed by atoms with Gasteiger partial charge in [-0.1, -0.05) is 18.2 Å². The molecule has 0 N–H and O–H groups in total. The third kappa shape index (κ3) is 1.36. The number of nitrogens with zero attached hydrogens (tertiary/aromatic N) is 1. The van der Waals surface area contributed by atoms with Gasteiger partial charge in [0.05, 0.1) is 5.52 Å². The van der Waals surface area contributed by atoms with E-state index in [2.05, 4.69) is 37.8 Å². The van der Waals surface area contributed by atoms with E-state index in [-0.39, 0.29) is 0 Å². The van der Waals surface area contributed by atoms with Gasteiger partial charge in [-0.15, -0.1) is 0 Å². The SMILES string of the molecule is Cc1cccc2c(CS)c3c(nc12)CCC3. The minimum absolute atomic E-state index is 0.824. The second-order valence-electron chi connectivity index (χ2n) is 4.50. The molecule has 0 saturated heterocycles. The van der Waals surface area contributed by atoms with Crippen molar-refractivity contribution in [2.75, 3.05) is 0 Å². The summed E-state index contributed by atoms with van der Waals surface area (Å²) in [5.74, 6) is 0.824. The van der Waals surface area contributed by atoms with Crippen molar-refractivity contribution in [2.45, 2.75) is 31.9 Å². The highest BCUT2D eigenvalue weighted by Gasteiger charge is 2.18. The van der Waals surface area contributed by atoms with Crippen LogP contribution in [0.1, 0.15) is 28.8 Å². The molecule has 3 rings (SSSR count). The summed E-state index contributed by atoms with van der Waals surface area (Å²) in [6, 6.07) is 6.44. The molecular formula is C14H15NS. The summed E-state index contributed by atoms with van der Waals surface area (Å²) in [5.41, 5.74) is 6.63. The van der Waals surface area contributed by atoms with Gasteiger partial charge in [0.1, 0.15) is 0 Å². The number of benzene rings is 1. The molecule has 1 heterocycles. The van der Waals surface area contributed by atoms with E-state index in [9.17, 15) is 0 Å². The Morgan fingerprint density at radius 1 is 1.31 bits per heavy atom. The predicted molar refractivity (Wildman–Crippen MR) is 71.2 cm³/mol. The zero-order valence-corrected chi connectivity index (χ0v) is 10.3. The van der Waals surface area contributed by atoms with Gasteiger partial charge in [-0.3, -0.25) is 4.98 Å². The van der Waals surface area contributed by atoms with E-state index in [1.807, 2.05) is 0 Å². The van der Waals surface area contributed by atoms with Crippen LogP contribution in [0, 0.1) is 6.92 Å². The summed E-state index contributed by atoms with van der Waals surface area (Å²) in [6.07, 6.45) is 3.57. The van der Waals surface area contributed by atoms with E-state index in [0.29, 0.717) is 0 Å². The van der Waals surface area contributed by atoms with Crippen molar-refractivity contribution in [1.82, 2.24) is 4.98 Å². The topological polar surface area (TPSA) is 12.9 Å². The van der Waals surface area contributed by atoms with Gasteiger partial charge in [-0.2, -0.15) is 12.6 Å². The van der Waals surface area contributed by atoms with Crippen molar-refractivity contribution in [1.29, 1.82) is 0 Å². The summed E-state index contributed by atoms with van der Waals surface area (Å²) in [4.78, 5) is 4.83. The summed E-state index contributed by atoms with van der Waals surface area (Å²) in [6.45, 7) is 2.14. The Bertz CT molecular complexity index is 560. The lowest BCUT2D eigenvalue weighted by molar-refractivity contribution is 0.899. The van der Waals surface area contributed by atoms with Crippen LogP contribution in [-0.4, -0.2) is 4.98 Å². The molecular weight excluding hydrogens is 214 g/mol. The van der Waals surface area contributed by atoms with Gasteiger partial charge < -0.3 is 0 Å². The molecule has 0 aliphatic heterocycles. The van der Waals surface area contributed by atoms with Crippen molar-refractivity contribution in [2.24, 2.45) is 0 Å². The molecule has 0 spiro atoms. The van der Waals surface area contributed by atoms with Crippen LogP contribution in [0.25, 0.3) is 10.9 Å².